The molecule has 7 nitrogen and oxygen atoms in total. The number of benzene rings is 1. The molecule has 140 valence electrons. The molecule has 1 fully saturated rings. The number of carbonyl (C=O) groups is 1. The Bertz CT molecular complexity index is 1140. The van der Waals surface area contributed by atoms with Crippen molar-refractivity contribution in [2.75, 3.05) is 24.5 Å². The molecule has 2 aromatic heterocycles. The van der Waals surface area contributed by atoms with Crippen LogP contribution in [0.1, 0.15) is 24.2 Å². The van der Waals surface area contributed by atoms with E-state index in [4.69, 9.17) is 5.11 Å². The Hall–Kier alpha value is -3.00. The fourth-order valence-electron chi connectivity index (χ4n) is 3.57. The first-order chi connectivity index (χ1) is 12.7. The minimum Gasteiger partial charge on any atom is -0.477 e. The molecule has 0 atom stereocenters. The molecule has 1 aliphatic rings. The Morgan fingerprint density at radius 1 is 1.33 bits per heavy atom. The Morgan fingerprint density at radius 3 is 2.81 bits per heavy atom. The van der Waals surface area contributed by atoms with E-state index >= 15 is 0 Å². The summed E-state index contributed by atoms with van der Waals surface area (Å²) in [4.78, 5) is 32.6. The van der Waals surface area contributed by atoms with E-state index in [1.165, 1.54) is 12.1 Å². The average Bonchev–Trinajstić information content (AvgIpc) is 2.59. The summed E-state index contributed by atoms with van der Waals surface area (Å²) in [6, 6.07) is 4.51. The lowest BCUT2D eigenvalue weighted by Crippen LogP contribution is -2.57. The van der Waals surface area contributed by atoms with Gasteiger partial charge in [0.05, 0.1) is 16.6 Å². The van der Waals surface area contributed by atoms with E-state index in [1.54, 1.807) is 6.07 Å². The van der Waals surface area contributed by atoms with Gasteiger partial charge in [-0.3, -0.25) is 4.79 Å². The number of fused-ring (bicyclic) bond motifs is 2. The maximum Gasteiger partial charge on any atom is 0.341 e. The van der Waals surface area contributed by atoms with Crippen molar-refractivity contribution >= 4 is 33.6 Å². The fraction of sp³-hybridized carbons (Fsp3) is 0.316. The van der Waals surface area contributed by atoms with E-state index in [1.807, 2.05) is 4.90 Å². The van der Waals surface area contributed by atoms with Crippen LogP contribution in [0.4, 0.5) is 10.1 Å². The number of piperazine rings is 1. The Morgan fingerprint density at radius 2 is 2.11 bits per heavy atom. The van der Waals surface area contributed by atoms with Gasteiger partial charge in [-0.25, -0.2) is 14.2 Å². The van der Waals surface area contributed by atoms with Gasteiger partial charge in [0, 0.05) is 36.8 Å². The zero-order chi connectivity index (χ0) is 19.3. The first-order valence-corrected chi connectivity index (χ1v) is 8.64. The summed E-state index contributed by atoms with van der Waals surface area (Å²) in [7, 11) is 0. The van der Waals surface area contributed by atoms with Gasteiger partial charge in [0.15, 0.2) is 0 Å². The van der Waals surface area contributed by atoms with Gasteiger partial charge in [-0.05, 0) is 32.0 Å². The average molecular weight is 370 g/mol. The highest BCUT2D eigenvalue weighted by Crippen LogP contribution is 2.28. The van der Waals surface area contributed by atoms with Crippen molar-refractivity contribution < 1.29 is 14.3 Å². The number of pyridine rings is 2. The fourth-order valence-corrected chi connectivity index (χ4v) is 3.57. The number of H-pyrrole nitrogens is 1. The van der Waals surface area contributed by atoms with Gasteiger partial charge in [0.1, 0.15) is 17.0 Å². The third kappa shape index (κ3) is 3.02. The molecule has 0 unspecified atom stereocenters. The van der Waals surface area contributed by atoms with Gasteiger partial charge in [-0.2, -0.15) is 0 Å². The zero-order valence-electron chi connectivity index (χ0n) is 15.0. The smallest absolute Gasteiger partial charge is 0.341 e. The van der Waals surface area contributed by atoms with Crippen LogP contribution in [-0.2, 0) is 0 Å². The maximum atomic E-state index is 14.8. The number of hydrogen-bond donors (Lipinski definition) is 3. The summed E-state index contributed by atoms with van der Waals surface area (Å²) in [6.07, 6.45) is 1.13. The monoisotopic (exact) mass is 370 g/mol. The zero-order valence-corrected chi connectivity index (χ0v) is 15.0. The second kappa shape index (κ2) is 6.02. The van der Waals surface area contributed by atoms with Crippen molar-refractivity contribution in [3.63, 3.8) is 0 Å². The van der Waals surface area contributed by atoms with Gasteiger partial charge >= 0.3 is 5.97 Å². The SMILES string of the molecule is CC1(C)CN(c2cc3nc4[nH]cc(C(=O)O)c(=O)c4cc3cc2F)CCN1. The van der Waals surface area contributed by atoms with E-state index in [-0.39, 0.29) is 22.1 Å². The number of anilines is 1. The largest absolute Gasteiger partial charge is 0.477 e. The lowest BCUT2D eigenvalue weighted by atomic mass is 10.0. The molecule has 0 aliphatic carbocycles. The number of rotatable bonds is 2. The highest BCUT2D eigenvalue weighted by Gasteiger charge is 2.27. The summed E-state index contributed by atoms with van der Waals surface area (Å²) in [5.74, 6) is -1.71. The van der Waals surface area contributed by atoms with Gasteiger partial charge in [-0.1, -0.05) is 0 Å². The third-order valence-corrected chi connectivity index (χ3v) is 4.87. The van der Waals surface area contributed by atoms with Crippen LogP contribution in [0.2, 0.25) is 0 Å². The maximum absolute atomic E-state index is 14.8. The molecule has 4 rings (SSSR count). The van der Waals surface area contributed by atoms with Gasteiger partial charge in [-0.15, -0.1) is 0 Å². The molecule has 0 bridgehead atoms. The summed E-state index contributed by atoms with van der Waals surface area (Å²) < 4.78 is 14.8. The number of aromatic amines is 1. The van der Waals surface area contributed by atoms with Crippen molar-refractivity contribution in [3.8, 4) is 0 Å². The van der Waals surface area contributed by atoms with Crippen LogP contribution in [0.25, 0.3) is 21.9 Å². The van der Waals surface area contributed by atoms with Crippen LogP contribution >= 0.6 is 0 Å². The topological polar surface area (TPSA) is 98.3 Å². The van der Waals surface area contributed by atoms with Crippen molar-refractivity contribution in [2.24, 2.45) is 0 Å². The van der Waals surface area contributed by atoms with Gasteiger partial charge in [0.25, 0.3) is 0 Å². The number of carboxylic acids is 1. The Labute approximate surface area is 153 Å². The van der Waals surface area contributed by atoms with Crippen molar-refractivity contribution in [2.45, 2.75) is 19.4 Å². The molecule has 3 aromatic rings. The lowest BCUT2D eigenvalue weighted by Gasteiger charge is -2.40. The molecular weight excluding hydrogens is 351 g/mol. The van der Waals surface area contributed by atoms with E-state index in [0.717, 1.165) is 12.7 Å². The molecule has 8 heteroatoms. The van der Waals surface area contributed by atoms with Crippen LogP contribution in [-0.4, -0.2) is 46.2 Å². The molecule has 0 radical (unpaired) electrons. The van der Waals surface area contributed by atoms with Crippen LogP contribution in [0.3, 0.4) is 0 Å². The molecule has 0 amide bonds. The summed E-state index contributed by atoms with van der Waals surface area (Å²) in [5, 5.41) is 13.1. The predicted octanol–water partition coefficient (Wildman–Crippen LogP) is 2.10. The summed E-state index contributed by atoms with van der Waals surface area (Å²) >= 11 is 0. The molecule has 1 saturated heterocycles. The van der Waals surface area contributed by atoms with Crippen LogP contribution in [0.5, 0.6) is 0 Å². The lowest BCUT2D eigenvalue weighted by molar-refractivity contribution is 0.0695. The molecule has 0 spiro atoms. The highest BCUT2D eigenvalue weighted by atomic mass is 19.1. The van der Waals surface area contributed by atoms with E-state index in [2.05, 4.69) is 29.1 Å². The van der Waals surface area contributed by atoms with E-state index in [9.17, 15) is 14.0 Å². The number of carboxylic acid groups (broad SMARTS) is 1. The summed E-state index contributed by atoms with van der Waals surface area (Å²) in [5.41, 5.74) is 0.135. The van der Waals surface area contributed by atoms with Crippen LogP contribution in [0.15, 0.2) is 29.2 Å². The molecule has 1 aromatic carbocycles. The normalized spacial score (nSPS) is 16.8. The number of hydrogen-bond acceptors (Lipinski definition) is 5. The Kier molecular flexibility index (Phi) is 3.88. The summed E-state index contributed by atoms with van der Waals surface area (Å²) in [6.45, 7) is 6.21. The molecule has 3 heterocycles. The van der Waals surface area contributed by atoms with Gasteiger partial charge in [0.2, 0.25) is 5.43 Å². The van der Waals surface area contributed by atoms with Crippen molar-refractivity contribution in [1.82, 2.24) is 15.3 Å². The molecule has 1 aliphatic heterocycles. The third-order valence-electron chi connectivity index (χ3n) is 4.87. The van der Waals surface area contributed by atoms with Crippen LogP contribution in [0, 0.1) is 5.82 Å². The Balaban J connectivity index is 1.87. The second-order valence-electron chi connectivity index (χ2n) is 7.45. The van der Waals surface area contributed by atoms with E-state index < -0.39 is 17.2 Å². The number of aromatic nitrogens is 2. The number of nitrogens with zero attached hydrogens (tertiary/aromatic N) is 2. The minimum atomic E-state index is -1.32. The molecule has 3 N–H and O–H groups in total. The number of aromatic carboxylic acids is 1. The first-order valence-electron chi connectivity index (χ1n) is 8.64. The highest BCUT2D eigenvalue weighted by molar-refractivity contribution is 5.96. The number of halogens is 1. The van der Waals surface area contributed by atoms with Crippen LogP contribution < -0.4 is 15.6 Å². The van der Waals surface area contributed by atoms with Crippen molar-refractivity contribution in [3.05, 3.63) is 46.0 Å². The molecular formula is C19H19FN4O3. The second-order valence-corrected chi connectivity index (χ2v) is 7.45. The van der Waals surface area contributed by atoms with E-state index in [0.29, 0.717) is 29.7 Å². The first kappa shape index (κ1) is 17.4. The predicted molar refractivity (Wildman–Crippen MR) is 101 cm³/mol. The van der Waals surface area contributed by atoms with Gasteiger partial charge < -0.3 is 20.3 Å². The standard InChI is InChI=1S/C19H19FN4O3/c1-19(2)9-24(4-3-22-19)15-7-14-10(6-13(15)20)5-11-16(25)12(18(26)27)8-21-17(11)23-14/h5-8,22H,3-4,9H2,1-2H3,(H,26,27)(H,21,23,25). The molecule has 0 saturated carbocycles. The molecule has 27 heavy (non-hydrogen) atoms. The minimum absolute atomic E-state index is 0.123. The quantitative estimate of drug-likeness (QED) is 0.598. The number of nitrogens with one attached hydrogen (secondary N) is 2. The van der Waals surface area contributed by atoms with Crippen molar-refractivity contribution in [1.29, 1.82) is 0 Å².